The summed E-state index contributed by atoms with van der Waals surface area (Å²) in [5, 5.41) is 22.6. The Morgan fingerprint density at radius 3 is 2.83 bits per heavy atom. The highest BCUT2D eigenvalue weighted by molar-refractivity contribution is 7.99. The molecule has 1 saturated heterocycles. The fourth-order valence-corrected chi connectivity index (χ4v) is 5.45. The molecule has 1 aromatic carbocycles. The van der Waals surface area contributed by atoms with E-state index in [2.05, 4.69) is 10.2 Å². The van der Waals surface area contributed by atoms with Crippen LogP contribution in [0.1, 0.15) is 12.8 Å². The highest BCUT2D eigenvalue weighted by Crippen LogP contribution is 2.37. The topological polar surface area (TPSA) is 117 Å². The number of ether oxygens (including phenoxy) is 1. The molecule has 3 aromatic rings. The molecule has 9 nitrogen and oxygen atoms in total. The summed E-state index contributed by atoms with van der Waals surface area (Å²) in [4.78, 5) is 12.1. The van der Waals surface area contributed by atoms with E-state index >= 15 is 0 Å². The van der Waals surface area contributed by atoms with E-state index in [0.717, 1.165) is 41.8 Å². The van der Waals surface area contributed by atoms with Crippen molar-refractivity contribution in [2.75, 3.05) is 12.9 Å². The lowest BCUT2D eigenvalue weighted by Gasteiger charge is -2.14. The number of sulfone groups is 1. The van der Waals surface area contributed by atoms with Crippen LogP contribution in [-0.2, 0) is 21.1 Å². The number of nitro benzene ring substituents is 1. The quantitative estimate of drug-likeness (QED) is 0.383. The molecule has 30 heavy (non-hydrogen) atoms. The minimum atomic E-state index is -3.56. The minimum absolute atomic E-state index is 0.0293. The Kier molecular flexibility index (Phi) is 5.91. The molecule has 1 aliphatic rings. The van der Waals surface area contributed by atoms with E-state index in [-0.39, 0.29) is 16.7 Å². The molecule has 0 bridgehead atoms. The van der Waals surface area contributed by atoms with Gasteiger partial charge in [0.2, 0.25) is 0 Å². The summed E-state index contributed by atoms with van der Waals surface area (Å²) in [6, 6.07) is 7.75. The molecule has 1 atom stereocenters. The van der Waals surface area contributed by atoms with E-state index < -0.39 is 14.8 Å². The van der Waals surface area contributed by atoms with Gasteiger partial charge in [-0.1, -0.05) is 6.07 Å². The van der Waals surface area contributed by atoms with Crippen molar-refractivity contribution in [1.29, 1.82) is 0 Å². The third kappa shape index (κ3) is 4.41. The van der Waals surface area contributed by atoms with Gasteiger partial charge in [-0.15, -0.1) is 21.5 Å². The molecule has 12 heteroatoms. The SMILES string of the molecule is CS(=O)(=O)c1ccc(Sc2nnc(-c3cccs3)n2CC2CCCO2)c([N+](=O)[O-])c1. The summed E-state index contributed by atoms with van der Waals surface area (Å²) < 4.78 is 31.3. The van der Waals surface area contributed by atoms with E-state index in [0.29, 0.717) is 29.0 Å². The van der Waals surface area contributed by atoms with E-state index in [1.165, 1.54) is 23.5 Å². The van der Waals surface area contributed by atoms with Crippen molar-refractivity contribution in [1.82, 2.24) is 14.8 Å². The first-order chi connectivity index (χ1) is 14.3. The van der Waals surface area contributed by atoms with Crippen LogP contribution < -0.4 is 0 Å². The van der Waals surface area contributed by atoms with Gasteiger partial charge in [-0.05, 0) is 48.2 Å². The van der Waals surface area contributed by atoms with Crippen LogP contribution in [0.15, 0.2) is 50.7 Å². The maximum absolute atomic E-state index is 11.8. The van der Waals surface area contributed by atoms with Crippen LogP contribution in [0.5, 0.6) is 0 Å². The molecule has 0 N–H and O–H groups in total. The number of nitrogens with zero attached hydrogens (tertiary/aromatic N) is 4. The molecule has 1 unspecified atom stereocenters. The van der Waals surface area contributed by atoms with Crippen LogP contribution in [-0.4, -0.2) is 47.1 Å². The van der Waals surface area contributed by atoms with Gasteiger partial charge in [-0.2, -0.15) is 0 Å². The number of hydrogen-bond acceptors (Lipinski definition) is 9. The Bertz CT molecular complexity index is 1170. The normalized spacial score (nSPS) is 16.8. The number of hydrogen-bond donors (Lipinski definition) is 0. The Morgan fingerprint density at radius 2 is 2.20 bits per heavy atom. The Hall–Kier alpha value is -2.28. The molecule has 2 aromatic heterocycles. The second-order valence-corrected chi connectivity index (χ2v) is 10.8. The number of thiophene rings is 1. The molecule has 1 aliphatic heterocycles. The highest BCUT2D eigenvalue weighted by atomic mass is 32.2. The summed E-state index contributed by atoms with van der Waals surface area (Å²) in [6.07, 6.45) is 2.96. The standard InChI is InChI=1S/C18H18N4O5S3/c1-30(25,26)13-6-7-15(14(10-13)22(23)24)29-18-20-19-17(16-5-3-9-28-16)21(18)11-12-4-2-8-27-12/h3,5-7,9-10,12H,2,4,8,11H2,1H3. The van der Waals surface area contributed by atoms with Crippen molar-refractivity contribution in [3.8, 4) is 10.7 Å². The average Bonchev–Trinajstić information content (AvgIpc) is 3.44. The summed E-state index contributed by atoms with van der Waals surface area (Å²) in [6.45, 7) is 1.25. The molecule has 0 radical (unpaired) electrons. The van der Waals surface area contributed by atoms with Gasteiger partial charge in [-0.3, -0.25) is 14.7 Å². The smallest absolute Gasteiger partial charge is 0.284 e. The molecule has 0 amide bonds. The molecular weight excluding hydrogens is 448 g/mol. The van der Waals surface area contributed by atoms with Crippen LogP contribution in [0.25, 0.3) is 10.7 Å². The predicted molar refractivity (Wildman–Crippen MR) is 113 cm³/mol. The molecule has 0 spiro atoms. The fourth-order valence-electron chi connectivity index (χ4n) is 3.16. The zero-order valence-corrected chi connectivity index (χ0v) is 18.4. The number of rotatable bonds is 7. The largest absolute Gasteiger partial charge is 0.376 e. The van der Waals surface area contributed by atoms with Crippen LogP contribution in [0.4, 0.5) is 5.69 Å². The van der Waals surface area contributed by atoms with Crippen molar-refractivity contribution in [2.24, 2.45) is 0 Å². The first-order valence-electron chi connectivity index (χ1n) is 9.08. The van der Waals surface area contributed by atoms with E-state index in [1.807, 2.05) is 22.1 Å². The molecule has 0 aliphatic carbocycles. The van der Waals surface area contributed by atoms with Gasteiger partial charge in [0.1, 0.15) is 0 Å². The number of aromatic nitrogens is 3. The monoisotopic (exact) mass is 466 g/mol. The summed E-state index contributed by atoms with van der Waals surface area (Å²) in [5.41, 5.74) is -0.285. The van der Waals surface area contributed by atoms with Crippen molar-refractivity contribution in [3.05, 3.63) is 45.8 Å². The van der Waals surface area contributed by atoms with Gasteiger partial charge >= 0.3 is 0 Å². The molecule has 3 heterocycles. The fraction of sp³-hybridized carbons (Fsp3) is 0.333. The Labute approximate surface area is 181 Å². The van der Waals surface area contributed by atoms with Crippen LogP contribution in [0.3, 0.4) is 0 Å². The van der Waals surface area contributed by atoms with Crippen molar-refractivity contribution < 1.29 is 18.1 Å². The molecule has 158 valence electrons. The number of nitro groups is 1. The second kappa shape index (κ2) is 8.46. The summed E-state index contributed by atoms with van der Waals surface area (Å²) in [7, 11) is -3.56. The van der Waals surface area contributed by atoms with E-state index in [9.17, 15) is 18.5 Å². The zero-order chi connectivity index (χ0) is 21.3. The van der Waals surface area contributed by atoms with Crippen molar-refractivity contribution in [2.45, 2.75) is 40.4 Å². The summed E-state index contributed by atoms with van der Waals surface area (Å²) in [5.74, 6) is 0.679. The van der Waals surface area contributed by atoms with Crippen molar-refractivity contribution in [3.63, 3.8) is 0 Å². The molecular formula is C18H18N4O5S3. The molecule has 0 saturated carbocycles. The van der Waals surface area contributed by atoms with Gasteiger partial charge in [0, 0.05) is 18.9 Å². The number of benzene rings is 1. The van der Waals surface area contributed by atoms with Crippen LogP contribution in [0.2, 0.25) is 0 Å². The van der Waals surface area contributed by atoms with Gasteiger partial charge in [-0.25, -0.2) is 8.42 Å². The lowest BCUT2D eigenvalue weighted by molar-refractivity contribution is -0.388. The Morgan fingerprint density at radius 1 is 1.37 bits per heavy atom. The first-order valence-corrected chi connectivity index (χ1v) is 12.7. The summed E-state index contributed by atoms with van der Waals surface area (Å²) >= 11 is 2.62. The molecule has 4 rings (SSSR count). The molecule has 1 fully saturated rings. The van der Waals surface area contributed by atoms with Gasteiger partial charge in [0.05, 0.1) is 32.2 Å². The van der Waals surface area contributed by atoms with E-state index in [4.69, 9.17) is 4.74 Å². The Balaban J connectivity index is 1.73. The third-order valence-electron chi connectivity index (χ3n) is 4.63. The lowest BCUT2D eigenvalue weighted by atomic mass is 10.2. The first kappa shape index (κ1) is 21.0. The predicted octanol–water partition coefficient (Wildman–Crippen LogP) is 3.65. The average molecular weight is 467 g/mol. The lowest BCUT2D eigenvalue weighted by Crippen LogP contribution is -2.16. The zero-order valence-electron chi connectivity index (χ0n) is 15.9. The van der Waals surface area contributed by atoms with Gasteiger partial charge in [0.15, 0.2) is 20.8 Å². The van der Waals surface area contributed by atoms with Crippen LogP contribution in [0, 0.1) is 10.1 Å². The maximum atomic E-state index is 11.8. The van der Waals surface area contributed by atoms with Crippen LogP contribution >= 0.6 is 23.1 Å². The third-order valence-corrected chi connectivity index (χ3v) is 7.65. The van der Waals surface area contributed by atoms with E-state index in [1.54, 1.807) is 0 Å². The van der Waals surface area contributed by atoms with Crippen molar-refractivity contribution >= 4 is 38.6 Å². The maximum Gasteiger partial charge on any atom is 0.284 e. The van der Waals surface area contributed by atoms with Gasteiger partial charge < -0.3 is 4.74 Å². The minimum Gasteiger partial charge on any atom is -0.376 e. The van der Waals surface area contributed by atoms with Gasteiger partial charge in [0.25, 0.3) is 5.69 Å². The highest BCUT2D eigenvalue weighted by Gasteiger charge is 2.25. The second-order valence-electron chi connectivity index (χ2n) is 6.79.